The minimum absolute atomic E-state index is 1.13. The van der Waals surface area contributed by atoms with Gasteiger partial charge in [0.1, 0.15) is 0 Å². The van der Waals surface area contributed by atoms with E-state index in [4.69, 9.17) is 0 Å². The highest BCUT2D eigenvalue weighted by molar-refractivity contribution is 7.13. The van der Waals surface area contributed by atoms with Gasteiger partial charge in [-0.1, -0.05) is 83.9 Å². The molecule has 0 unspecified atom stereocenters. The summed E-state index contributed by atoms with van der Waals surface area (Å²) in [5.41, 5.74) is 12.1. The first-order chi connectivity index (χ1) is 21.2. The van der Waals surface area contributed by atoms with Gasteiger partial charge in [-0.2, -0.15) is 0 Å². The Balaban J connectivity index is 1.59. The molecule has 5 heteroatoms. The van der Waals surface area contributed by atoms with Crippen LogP contribution in [-0.4, -0.2) is 18.4 Å². The lowest BCUT2D eigenvalue weighted by molar-refractivity contribution is 1.29. The van der Waals surface area contributed by atoms with Crippen LogP contribution in [0.2, 0.25) is 0 Å². The number of rotatable bonds is 4. The van der Waals surface area contributed by atoms with Crippen LogP contribution in [0.3, 0.4) is 0 Å². The molecule has 0 atom stereocenters. The van der Waals surface area contributed by atoms with E-state index in [-0.39, 0.29) is 0 Å². The minimum Gasteiger partial charge on any atom is -0.341 e. The highest BCUT2D eigenvalue weighted by Gasteiger charge is 2.62. The molecule has 2 aliphatic heterocycles. The molecular formula is C38H30N4Si. The Kier molecular flexibility index (Phi) is 5.88. The van der Waals surface area contributed by atoms with Gasteiger partial charge in [0.15, 0.2) is 0 Å². The van der Waals surface area contributed by atoms with Crippen LogP contribution < -0.4 is 19.5 Å². The van der Waals surface area contributed by atoms with Gasteiger partial charge < -0.3 is 9.13 Å². The van der Waals surface area contributed by atoms with Crippen LogP contribution in [0.25, 0.3) is 22.5 Å². The van der Waals surface area contributed by atoms with Crippen LogP contribution in [0.1, 0.15) is 22.3 Å². The standard InChI is InChI=1S/C38H30N4Si/c1-27-11-15-31(16-12-27)41-37(29-19-23-39-24-20-29)38(30-21-25-40-26-22-30)42(32-17-13-28(2)14-18-32)43(41)35-9-5-3-7-33(35)34-8-4-6-10-36(34)43/h3-26H,1-2H3. The van der Waals surface area contributed by atoms with E-state index in [0.717, 1.165) is 11.1 Å². The van der Waals surface area contributed by atoms with Gasteiger partial charge in [0, 0.05) is 47.3 Å². The number of benzene rings is 4. The predicted molar refractivity (Wildman–Crippen MR) is 180 cm³/mol. The van der Waals surface area contributed by atoms with Crippen molar-refractivity contribution in [1.82, 2.24) is 9.97 Å². The second-order valence-electron chi connectivity index (χ2n) is 11.3. The number of anilines is 2. The van der Waals surface area contributed by atoms with Gasteiger partial charge >= 0.3 is 8.40 Å². The van der Waals surface area contributed by atoms with Crippen molar-refractivity contribution < 1.29 is 0 Å². The lowest BCUT2D eigenvalue weighted by Crippen LogP contribution is -2.74. The Labute approximate surface area is 253 Å². The molecule has 2 aliphatic rings. The zero-order chi connectivity index (χ0) is 29.0. The van der Waals surface area contributed by atoms with Crippen LogP contribution in [0, 0.1) is 13.8 Å². The summed E-state index contributed by atoms with van der Waals surface area (Å²) in [5, 5.41) is 2.76. The quantitative estimate of drug-likeness (QED) is 0.210. The summed E-state index contributed by atoms with van der Waals surface area (Å²) < 4.78 is 5.39. The molecule has 8 rings (SSSR count). The molecule has 0 N–H and O–H groups in total. The van der Waals surface area contributed by atoms with Crippen LogP contribution in [-0.2, 0) is 0 Å². The molecule has 0 bridgehead atoms. The van der Waals surface area contributed by atoms with Gasteiger partial charge in [-0.15, -0.1) is 0 Å². The number of fused-ring (bicyclic) bond motifs is 5. The van der Waals surface area contributed by atoms with E-state index < -0.39 is 8.40 Å². The molecule has 0 aliphatic carbocycles. The molecular weight excluding hydrogens is 541 g/mol. The molecule has 0 radical (unpaired) electrons. The van der Waals surface area contributed by atoms with Crippen molar-refractivity contribution in [2.45, 2.75) is 13.8 Å². The van der Waals surface area contributed by atoms with Crippen molar-refractivity contribution in [2.75, 3.05) is 9.13 Å². The van der Waals surface area contributed by atoms with E-state index in [1.54, 1.807) is 0 Å². The summed E-state index contributed by atoms with van der Waals surface area (Å²) in [7, 11) is -3.03. The van der Waals surface area contributed by atoms with Crippen molar-refractivity contribution in [3.8, 4) is 11.1 Å². The zero-order valence-electron chi connectivity index (χ0n) is 24.1. The van der Waals surface area contributed by atoms with Gasteiger partial charge in [-0.25, -0.2) is 0 Å². The molecule has 1 spiro atoms. The number of nitrogens with zero attached hydrogens (tertiary/aromatic N) is 4. The number of pyridine rings is 2. The summed E-state index contributed by atoms with van der Waals surface area (Å²) in [6.45, 7) is 4.31. The first-order valence-electron chi connectivity index (χ1n) is 14.7. The van der Waals surface area contributed by atoms with Crippen LogP contribution in [0.4, 0.5) is 11.4 Å². The fourth-order valence-corrected chi connectivity index (χ4v) is 12.3. The van der Waals surface area contributed by atoms with E-state index in [1.165, 1.54) is 55.4 Å². The summed E-state index contributed by atoms with van der Waals surface area (Å²) in [4.78, 5) is 8.84. The Morgan fingerprint density at radius 1 is 0.442 bits per heavy atom. The highest BCUT2D eigenvalue weighted by Crippen LogP contribution is 2.51. The monoisotopic (exact) mass is 570 g/mol. The van der Waals surface area contributed by atoms with E-state index in [1.807, 2.05) is 24.8 Å². The molecule has 0 fully saturated rings. The van der Waals surface area contributed by atoms with E-state index in [9.17, 15) is 0 Å². The van der Waals surface area contributed by atoms with Crippen LogP contribution >= 0.6 is 0 Å². The van der Waals surface area contributed by atoms with Gasteiger partial charge in [-0.05, 0) is 83.9 Å². The molecule has 4 nitrogen and oxygen atoms in total. The average Bonchev–Trinajstić information content (AvgIpc) is 3.54. The van der Waals surface area contributed by atoms with Crippen molar-refractivity contribution in [3.05, 3.63) is 168 Å². The second-order valence-corrected chi connectivity index (χ2v) is 14.6. The molecule has 0 amide bonds. The van der Waals surface area contributed by atoms with Gasteiger partial charge in [0.25, 0.3) is 0 Å². The minimum atomic E-state index is -3.03. The highest BCUT2D eigenvalue weighted by atomic mass is 28.3. The van der Waals surface area contributed by atoms with E-state index in [2.05, 4.69) is 154 Å². The molecule has 6 aromatic rings. The smallest absolute Gasteiger partial charge is 0.341 e. The molecule has 4 heterocycles. The van der Waals surface area contributed by atoms with E-state index in [0.29, 0.717) is 0 Å². The zero-order valence-corrected chi connectivity index (χ0v) is 25.1. The van der Waals surface area contributed by atoms with E-state index >= 15 is 0 Å². The topological polar surface area (TPSA) is 32.3 Å². The van der Waals surface area contributed by atoms with Crippen molar-refractivity contribution in [1.29, 1.82) is 0 Å². The Morgan fingerprint density at radius 2 is 0.814 bits per heavy atom. The normalized spacial score (nSPS) is 14.7. The fraction of sp³-hybridized carbons (Fsp3) is 0.0526. The lowest BCUT2D eigenvalue weighted by Gasteiger charge is -2.44. The summed E-state index contributed by atoms with van der Waals surface area (Å²) in [6, 6.07) is 44.7. The number of aromatic nitrogens is 2. The Morgan fingerprint density at radius 3 is 1.21 bits per heavy atom. The second kappa shape index (κ2) is 9.93. The first kappa shape index (κ1) is 25.4. The van der Waals surface area contributed by atoms with Crippen LogP contribution in [0.5, 0.6) is 0 Å². The summed E-state index contributed by atoms with van der Waals surface area (Å²) >= 11 is 0. The Hall–Kier alpha value is -5.26. The maximum atomic E-state index is 4.42. The SMILES string of the molecule is Cc1ccc(N2C(c3ccncc3)=C(c3ccncc3)N(c3ccc(C)cc3)[Si]23c2ccccc2-c2ccccc23)cc1. The average molecular weight is 571 g/mol. The fourth-order valence-electron chi connectivity index (χ4n) is 6.88. The lowest BCUT2D eigenvalue weighted by atomic mass is 10.1. The number of hydrogen-bond acceptors (Lipinski definition) is 4. The molecule has 2 aromatic heterocycles. The Bertz CT molecular complexity index is 1840. The maximum Gasteiger partial charge on any atom is 0.341 e. The van der Waals surface area contributed by atoms with Gasteiger partial charge in [0.05, 0.1) is 11.4 Å². The molecule has 43 heavy (non-hydrogen) atoms. The molecule has 206 valence electrons. The van der Waals surface area contributed by atoms with Crippen LogP contribution in [0.15, 0.2) is 146 Å². The third-order valence-corrected chi connectivity index (χ3v) is 13.3. The summed E-state index contributed by atoms with van der Waals surface area (Å²) in [5.74, 6) is 0. The molecule has 0 saturated carbocycles. The molecule has 4 aromatic carbocycles. The number of hydrogen-bond donors (Lipinski definition) is 0. The first-order valence-corrected chi connectivity index (χ1v) is 16.6. The van der Waals surface area contributed by atoms with Gasteiger partial charge in [0.2, 0.25) is 0 Å². The van der Waals surface area contributed by atoms with Crippen molar-refractivity contribution in [3.63, 3.8) is 0 Å². The van der Waals surface area contributed by atoms with Gasteiger partial charge in [-0.3, -0.25) is 9.97 Å². The third kappa shape index (κ3) is 3.75. The largest absolute Gasteiger partial charge is 0.341 e. The third-order valence-electron chi connectivity index (χ3n) is 8.71. The van der Waals surface area contributed by atoms with Crippen molar-refractivity contribution >= 4 is 41.5 Å². The summed E-state index contributed by atoms with van der Waals surface area (Å²) in [6.07, 6.45) is 7.61. The number of aryl methyl sites for hydroxylation is 2. The predicted octanol–water partition coefficient (Wildman–Crippen LogP) is 7.18. The van der Waals surface area contributed by atoms with Crippen molar-refractivity contribution in [2.24, 2.45) is 0 Å². The molecule has 0 saturated heterocycles. The maximum absolute atomic E-state index is 4.42.